The molecule has 0 radical (unpaired) electrons. The summed E-state index contributed by atoms with van der Waals surface area (Å²) in [5, 5.41) is 24.6. The predicted octanol–water partition coefficient (Wildman–Crippen LogP) is 15.6. The minimum absolute atomic E-state index is 0.280. The van der Waals surface area contributed by atoms with Crippen LogP contribution in [0.2, 0.25) is 0 Å². The molecule has 7 nitrogen and oxygen atoms in total. The van der Waals surface area contributed by atoms with Gasteiger partial charge in [-0.1, -0.05) is 91.0 Å². The smallest absolute Gasteiger partial charge is 0.308 e. The van der Waals surface area contributed by atoms with Gasteiger partial charge in [-0.05, 0) is 107 Å². The molecule has 10 heteroatoms. The van der Waals surface area contributed by atoms with Crippen LogP contribution in [0.4, 0.5) is 30.2 Å². The molecule has 65 heavy (non-hydrogen) atoms. The zero-order chi connectivity index (χ0) is 45.1. The molecule has 10 aromatic rings. The first-order valence-corrected chi connectivity index (χ1v) is 20.2. The number of alkyl halides is 3. The molecule has 2 heterocycles. The number of hydrogen-bond donors (Lipinski definition) is 0. The Morgan fingerprint density at radius 3 is 1.52 bits per heavy atom. The zero-order valence-corrected chi connectivity index (χ0v) is 34.2. The highest BCUT2D eigenvalue weighted by atomic mass is 19.4. The summed E-state index contributed by atoms with van der Waals surface area (Å²) in [6.45, 7) is 25.1. The predicted molar refractivity (Wildman–Crippen MR) is 249 cm³/mol. The van der Waals surface area contributed by atoms with Crippen LogP contribution in [0.25, 0.3) is 103 Å². The van der Waals surface area contributed by atoms with Crippen molar-refractivity contribution in [3.8, 4) is 56.9 Å². The third-order valence-corrected chi connectivity index (χ3v) is 12.0. The fraction of sp³-hybridized carbons (Fsp3) is 0.0364. The van der Waals surface area contributed by atoms with Crippen LogP contribution < -0.4 is 0 Å². The van der Waals surface area contributed by atoms with E-state index < -0.39 is 11.7 Å². The molecule has 8 aromatic carbocycles. The van der Waals surface area contributed by atoms with Gasteiger partial charge in [-0.2, -0.15) is 23.7 Å². The number of aromatic nitrogens is 2. The SMILES string of the molecule is [C-]#[N+]c1ccc(-c2ccc3c4ccccc4n(-c4cc(-c5ccc(C(F)(F)F)cc5C)cc(-n5c6ccccc6c6ccc(-c7ccc(C#N)cc7[N+]#[C-])cc65)c4C#N)c3c2)c([N+]#[C-])c1. The molecule has 0 fully saturated rings. The van der Waals surface area contributed by atoms with Crippen molar-refractivity contribution >= 4 is 60.7 Å². The van der Waals surface area contributed by atoms with Gasteiger partial charge in [-0.3, -0.25) is 0 Å². The highest BCUT2D eigenvalue weighted by Gasteiger charge is 2.31. The largest absolute Gasteiger partial charge is 0.416 e. The first-order chi connectivity index (χ1) is 31.5. The Morgan fingerprint density at radius 1 is 0.492 bits per heavy atom. The lowest BCUT2D eigenvalue weighted by atomic mass is 9.95. The second-order valence-electron chi connectivity index (χ2n) is 15.6. The lowest BCUT2D eigenvalue weighted by molar-refractivity contribution is -0.137. The number of rotatable bonds is 5. The molecule has 2 aromatic heterocycles. The van der Waals surface area contributed by atoms with Gasteiger partial charge >= 0.3 is 6.18 Å². The topological polar surface area (TPSA) is 70.5 Å². The first kappa shape index (κ1) is 39.7. The van der Waals surface area contributed by atoms with Gasteiger partial charge in [0, 0.05) is 27.1 Å². The Kier molecular flexibility index (Phi) is 9.29. The van der Waals surface area contributed by atoms with Crippen molar-refractivity contribution < 1.29 is 13.2 Å². The average molecular weight is 844 g/mol. The highest BCUT2D eigenvalue weighted by Crippen LogP contribution is 2.44. The minimum atomic E-state index is -4.56. The maximum atomic E-state index is 14.1. The van der Waals surface area contributed by atoms with Crippen LogP contribution >= 0.6 is 0 Å². The van der Waals surface area contributed by atoms with Gasteiger partial charge in [-0.25, -0.2) is 14.5 Å². The van der Waals surface area contributed by atoms with E-state index in [9.17, 15) is 23.7 Å². The number of fused-ring (bicyclic) bond motifs is 6. The fourth-order valence-electron chi connectivity index (χ4n) is 9.06. The number of hydrogen-bond acceptors (Lipinski definition) is 2. The summed E-state index contributed by atoms with van der Waals surface area (Å²) < 4.78 is 46.2. The molecule has 0 saturated carbocycles. The Hall–Kier alpha value is -9.40. The van der Waals surface area contributed by atoms with E-state index in [0.717, 1.165) is 50.2 Å². The van der Waals surface area contributed by atoms with Gasteiger partial charge in [0.05, 0.1) is 64.8 Å². The third-order valence-electron chi connectivity index (χ3n) is 12.0. The quantitative estimate of drug-likeness (QED) is 0.162. The van der Waals surface area contributed by atoms with E-state index in [1.165, 1.54) is 6.07 Å². The number of benzene rings is 8. The van der Waals surface area contributed by atoms with Gasteiger partial charge in [-0.15, -0.1) is 0 Å². The number of aryl methyl sites for hydroxylation is 1. The molecule has 0 aliphatic carbocycles. The van der Waals surface area contributed by atoms with E-state index in [2.05, 4.69) is 26.7 Å². The fourth-order valence-corrected chi connectivity index (χ4v) is 9.06. The van der Waals surface area contributed by atoms with Crippen molar-refractivity contribution in [2.24, 2.45) is 0 Å². The number of halogens is 3. The molecule has 0 atom stereocenters. The van der Waals surface area contributed by atoms with E-state index >= 15 is 0 Å². The van der Waals surface area contributed by atoms with Gasteiger partial charge in [0.15, 0.2) is 17.1 Å². The van der Waals surface area contributed by atoms with Crippen LogP contribution in [0, 0.1) is 49.3 Å². The maximum absolute atomic E-state index is 14.1. The van der Waals surface area contributed by atoms with Crippen molar-refractivity contribution in [1.29, 1.82) is 10.5 Å². The Labute approximate surface area is 370 Å². The summed E-state index contributed by atoms with van der Waals surface area (Å²) >= 11 is 0. The van der Waals surface area contributed by atoms with Crippen molar-refractivity contribution in [2.45, 2.75) is 13.1 Å². The summed E-state index contributed by atoms with van der Waals surface area (Å²) in [6.07, 6.45) is -4.56. The first-order valence-electron chi connectivity index (χ1n) is 20.2. The molecule has 0 aliphatic heterocycles. The van der Waals surface area contributed by atoms with E-state index in [1.54, 1.807) is 43.3 Å². The normalized spacial score (nSPS) is 11.3. The van der Waals surface area contributed by atoms with Crippen molar-refractivity contribution in [1.82, 2.24) is 9.13 Å². The Bertz CT molecular complexity index is 3690. The highest BCUT2D eigenvalue weighted by molar-refractivity contribution is 6.12. The molecule has 304 valence electrons. The van der Waals surface area contributed by atoms with Crippen LogP contribution in [-0.2, 0) is 6.18 Å². The van der Waals surface area contributed by atoms with Gasteiger partial charge in [0.2, 0.25) is 0 Å². The lowest BCUT2D eigenvalue weighted by Gasteiger charge is -2.20. The Balaban J connectivity index is 1.33. The lowest BCUT2D eigenvalue weighted by Crippen LogP contribution is -2.07. The second-order valence-corrected chi connectivity index (χ2v) is 15.6. The summed E-state index contributed by atoms with van der Waals surface area (Å²) in [7, 11) is 0. The number of nitriles is 2. The molecule has 0 aliphatic rings. The minimum Gasteiger partial charge on any atom is -0.308 e. The molecule has 0 N–H and O–H groups in total. The number of para-hydroxylation sites is 2. The molecule has 0 amide bonds. The van der Waals surface area contributed by atoms with Gasteiger partial charge < -0.3 is 9.13 Å². The van der Waals surface area contributed by atoms with E-state index in [1.807, 2.05) is 106 Å². The van der Waals surface area contributed by atoms with Gasteiger partial charge in [0.1, 0.15) is 11.6 Å². The van der Waals surface area contributed by atoms with E-state index in [0.29, 0.717) is 78.5 Å². The second kappa shape index (κ2) is 15.2. The monoisotopic (exact) mass is 843 g/mol. The molecule has 0 spiro atoms. The van der Waals surface area contributed by atoms with Crippen LogP contribution in [0.1, 0.15) is 22.3 Å². The summed E-state index contributed by atoms with van der Waals surface area (Å²) in [5.41, 5.74) is 8.93. The standard InChI is InChI=1S/C55H28F3N7/c1-32-23-37(55(56,57)58)16-21-39(32)36-27-53(64-49-11-7-5-9-42(49)44-19-14-34(25-51(44)64)40-18-13-33(30-59)24-47(40)62-3)46(31-60)54(28-36)65-50-12-8-6-10-43(50)45-20-15-35(26-52(45)65)41-22-17-38(61-2)29-48(41)63-4/h5-29H,1H3. The maximum Gasteiger partial charge on any atom is 0.416 e. The number of nitrogens with zero attached hydrogens (tertiary/aromatic N) is 7. The van der Waals surface area contributed by atoms with E-state index in [4.69, 9.17) is 19.7 Å². The van der Waals surface area contributed by atoms with Crippen LogP contribution in [0.5, 0.6) is 0 Å². The summed E-state index contributed by atoms with van der Waals surface area (Å²) in [5.74, 6) is 0. The zero-order valence-electron chi connectivity index (χ0n) is 34.2. The van der Waals surface area contributed by atoms with Crippen LogP contribution in [-0.4, -0.2) is 9.13 Å². The van der Waals surface area contributed by atoms with Crippen molar-refractivity contribution in [2.75, 3.05) is 0 Å². The molecular formula is C55H28F3N7. The molecule has 0 unspecified atom stereocenters. The Morgan fingerprint density at radius 2 is 1.02 bits per heavy atom. The van der Waals surface area contributed by atoms with Crippen LogP contribution in [0.3, 0.4) is 0 Å². The summed E-state index contributed by atoms with van der Waals surface area (Å²) in [4.78, 5) is 11.0. The third kappa shape index (κ3) is 6.40. The molecule has 0 bridgehead atoms. The average Bonchev–Trinajstić information content (AvgIpc) is 3.84. The van der Waals surface area contributed by atoms with Gasteiger partial charge in [0.25, 0.3) is 0 Å². The molecule has 10 rings (SSSR count). The molecule has 0 saturated heterocycles. The molecular weight excluding hydrogens is 816 g/mol. The van der Waals surface area contributed by atoms with E-state index in [-0.39, 0.29) is 5.56 Å². The van der Waals surface area contributed by atoms with Crippen molar-refractivity contribution in [3.63, 3.8) is 0 Å². The van der Waals surface area contributed by atoms with Crippen LogP contribution in [0.15, 0.2) is 152 Å². The summed E-state index contributed by atoms with van der Waals surface area (Å²) in [6, 6.07) is 49.3. The van der Waals surface area contributed by atoms with Crippen molar-refractivity contribution in [3.05, 3.63) is 208 Å².